The van der Waals surface area contributed by atoms with Crippen molar-refractivity contribution in [2.75, 3.05) is 13.3 Å². The van der Waals surface area contributed by atoms with E-state index in [4.69, 9.17) is 0 Å². The van der Waals surface area contributed by atoms with Crippen LogP contribution in [0.4, 0.5) is 13.3 Å². The van der Waals surface area contributed by atoms with Crippen molar-refractivity contribution in [3.63, 3.8) is 0 Å². The lowest BCUT2D eigenvalue weighted by molar-refractivity contribution is -0.294. The molecule has 0 saturated carbocycles. The molecule has 0 aliphatic heterocycles. The van der Waals surface area contributed by atoms with Gasteiger partial charge < -0.3 is 4.74 Å². The van der Waals surface area contributed by atoms with Crippen LogP contribution < -0.4 is 0 Å². The first-order chi connectivity index (χ1) is 8.10. The molecule has 0 bridgehead atoms. The number of carbonyl (C=O) groups is 1. The highest BCUT2D eigenvalue weighted by molar-refractivity contribution is 5.77. The smallest absolute Gasteiger partial charge is 0.378 e. The predicted octanol–water partition coefficient (Wildman–Crippen LogP) is 3.43. The van der Waals surface area contributed by atoms with Crippen molar-refractivity contribution in [1.82, 2.24) is 0 Å². The van der Waals surface area contributed by atoms with Gasteiger partial charge in [-0.3, -0.25) is 0 Å². The number of unbranched alkanes of at least 4 members (excludes halogenated alkanes) is 5. The van der Waals surface area contributed by atoms with E-state index in [1.165, 1.54) is 0 Å². The van der Waals surface area contributed by atoms with E-state index >= 15 is 0 Å². The summed E-state index contributed by atoms with van der Waals surface area (Å²) in [6.45, 7) is 0.134. The van der Waals surface area contributed by atoms with Crippen LogP contribution in [0.2, 0.25) is 0 Å². The first kappa shape index (κ1) is 16.2. The normalized spacial score (nSPS) is 14.4. The van der Waals surface area contributed by atoms with Gasteiger partial charge in [0.25, 0.3) is 0 Å². The molecule has 0 aromatic heterocycles. The molecule has 0 spiro atoms. The SMILES string of the molecule is CCCCCCCCOC(=O)C(F)(CF)OF. The Kier molecular flexibility index (Phi) is 8.85. The molecule has 0 aromatic carbocycles. The van der Waals surface area contributed by atoms with Gasteiger partial charge in [-0.25, -0.2) is 9.18 Å². The summed E-state index contributed by atoms with van der Waals surface area (Å²) in [5.74, 6) is -5.27. The average Bonchev–Trinajstić information content (AvgIpc) is 2.36. The van der Waals surface area contributed by atoms with E-state index in [0.29, 0.717) is 6.42 Å². The molecule has 0 aromatic rings. The Morgan fingerprint density at radius 3 is 2.29 bits per heavy atom. The van der Waals surface area contributed by atoms with Crippen LogP contribution in [0.5, 0.6) is 0 Å². The van der Waals surface area contributed by atoms with Crippen molar-refractivity contribution in [3.05, 3.63) is 0 Å². The van der Waals surface area contributed by atoms with Gasteiger partial charge in [0.15, 0.2) is 6.67 Å². The molecule has 17 heavy (non-hydrogen) atoms. The number of carbonyl (C=O) groups excluding carboxylic acids is 1. The fourth-order valence-electron chi connectivity index (χ4n) is 1.26. The van der Waals surface area contributed by atoms with Crippen LogP contribution >= 0.6 is 0 Å². The molecule has 0 N–H and O–H groups in total. The van der Waals surface area contributed by atoms with Gasteiger partial charge in [0.05, 0.1) is 6.61 Å². The molecule has 0 aliphatic rings. The van der Waals surface area contributed by atoms with Crippen LogP contribution in [0.3, 0.4) is 0 Å². The highest BCUT2D eigenvalue weighted by Gasteiger charge is 2.44. The summed E-state index contributed by atoms with van der Waals surface area (Å²) < 4.78 is 40.8. The fraction of sp³-hybridized carbons (Fsp3) is 0.909. The highest BCUT2D eigenvalue weighted by atomic mass is 19.3. The number of halogens is 3. The molecule has 0 aliphatic carbocycles. The summed E-state index contributed by atoms with van der Waals surface area (Å²) in [7, 11) is 0. The van der Waals surface area contributed by atoms with Gasteiger partial charge in [-0.2, -0.15) is 4.39 Å². The standard InChI is InChI=1S/C11H19F3O3/c1-2-3-4-5-6-7-8-16-10(15)11(13,9-12)17-14/h2-9H2,1H3. The zero-order valence-corrected chi connectivity index (χ0v) is 10.0. The highest BCUT2D eigenvalue weighted by Crippen LogP contribution is 2.17. The van der Waals surface area contributed by atoms with Crippen LogP contribution in [0.1, 0.15) is 45.4 Å². The van der Waals surface area contributed by atoms with Crippen molar-refractivity contribution >= 4 is 5.97 Å². The van der Waals surface area contributed by atoms with Gasteiger partial charge in [0.1, 0.15) is 0 Å². The fourth-order valence-corrected chi connectivity index (χ4v) is 1.26. The Bertz CT molecular complexity index is 208. The van der Waals surface area contributed by atoms with Gasteiger partial charge in [-0.15, -0.1) is 4.94 Å². The zero-order chi connectivity index (χ0) is 13.1. The second-order valence-corrected chi connectivity index (χ2v) is 3.84. The Morgan fingerprint density at radius 2 is 1.76 bits per heavy atom. The van der Waals surface area contributed by atoms with Crippen molar-refractivity contribution < 1.29 is 27.8 Å². The van der Waals surface area contributed by atoms with Gasteiger partial charge in [0, 0.05) is 0 Å². The number of hydrogen-bond acceptors (Lipinski definition) is 3. The van der Waals surface area contributed by atoms with Gasteiger partial charge in [-0.1, -0.05) is 39.0 Å². The van der Waals surface area contributed by atoms with Crippen molar-refractivity contribution in [2.45, 2.75) is 51.3 Å². The molecular weight excluding hydrogens is 237 g/mol. The van der Waals surface area contributed by atoms with Crippen molar-refractivity contribution in [1.29, 1.82) is 0 Å². The summed E-state index contributed by atoms with van der Waals surface area (Å²) in [5.41, 5.74) is 0. The lowest BCUT2D eigenvalue weighted by Gasteiger charge is -2.14. The number of hydrogen-bond donors (Lipinski definition) is 0. The van der Waals surface area contributed by atoms with E-state index < -0.39 is 18.5 Å². The number of esters is 1. The Hall–Kier alpha value is -0.780. The summed E-state index contributed by atoms with van der Waals surface area (Å²) in [5, 5.41) is 0. The summed E-state index contributed by atoms with van der Waals surface area (Å²) in [4.78, 5) is 13.5. The second-order valence-electron chi connectivity index (χ2n) is 3.84. The molecule has 0 radical (unpaired) electrons. The summed E-state index contributed by atoms with van der Waals surface area (Å²) in [6.07, 6.45) is 5.74. The monoisotopic (exact) mass is 256 g/mol. The minimum atomic E-state index is -3.61. The van der Waals surface area contributed by atoms with E-state index in [2.05, 4.69) is 16.6 Å². The third-order valence-electron chi connectivity index (χ3n) is 2.33. The van der Waals surface area contributed by atoms with Crippen molar-refractivity contribution in [2.24, 2.45) is 0 Å². The Labute approximate surface area is 99.2 Å². The topological polar surface area (TPSA) is 35.5 Å². The molecule has 0 amide bonds. The average molecular weight is 256 g/mol. The minimum Gasteiger partial charge on any atom is -0.461 e. The quantitative estimate of drug-likeness (QED) is 0.444. The van der Waals surface area contributed by atoms with Crippen LogP contribution in [-0.2, 0) is 14.5 Å². The third-order valence-corrected chi connectivity index (χ3v) is 2.33. The van der Waals surface area contributed by atoms with E-state index in [0.717, 1.165) is 32.1 Å². The number of alkyl halides is 2. The van der Waals surface area contributed by atoms with E-state index in [9.17, 15) is 18.1 Å². The maximum Gasteiger partial charge on any atom is 0.378 e. The van der Waals surface area contributed by atoms with E-state index in [-0.39, 0.29) is 6.61 Å². The van der Waals surface area contributed by atoms with E-state index in [1.54, 1.807) is 0 Å². The lowest BCUT2D eigenvalue weighted by atomic mass is 10.1. The maximum atomic E-state index is 12.9. The molecular formula is C11H19F3O3. The predicted molar refractivity (Wildman–Crippen MR) is 56.3 cm³/mol. The zero-order valence-electron chi connectivity index (χ0n) is 10.0. The molecule has 102 valence electrons. The number of ether oxygens (including phenoxy) is 1. The van der Waals surface area contributed by atoms with Crippen LogP contribution in [0, 0.1) is 0 Å². The Morgan fingerprint density at radius 1 is 1.18 bits per heavy atom. The van der Waals surface area contributed by atoms with Crippen LogP contribution in [-0.4, -0.2) is 25.1 Å². The second kappa shape index (κ2) is 9.27. The van der Waals surface area contributed by atoms with Crippen molar-refractivity contribution in [3.8, 4) is 0 Å². The molecule has 0 saturated heterocycles. The molecule has 1 atom stereocenters. The maximum absolute atomic E-state index is 12.9. The van der Waals surface area contributed by atoms with Gasteiger partial charge in [0.2, 0.25) is 0 Å². The van der Waals surface area contributed by atoms with Crippen LogP contribution in [0.15, 0.2) is 0 Å². The largest absolute Gasteiger partial charge is 0.461 e. The molecule has 0 rings (SSSR count). The summed E-state index contributed by atoms with van der Waals surface area (Å²) in [6, 6.07) is 0. The molecule has 0 fully saturated rings. The molecule has 1 unspecified atom stereocenters. The molecule has 3 nitrogen and oxygen atoms in total. The lowest BCUT2D eigenvalue weighted by Crippen LogP contribution is -2.38. The summed E-state index contributed by atoms with van der Waals surface area (Å²) >= 11 is 0. The first-order valence-corrected chi connectivity index (χ1v) is 5.82. The van der Waals surface area contributed by atoms with Gasteiger partial charge >= 0.3 is 11.8 Å². The van der Waals surface area contributed by atoms with E-state index in [1.807, 2.05) is 0 Å². The Balaban J connectivity index is 3.57. The van der Waals surface area contributed by atoms with Gasteiger partial charge in [-0.05, 0) is 10.9 Å². The van der Waals surface area contributed by atoms with Crippen LogP contribution in [0.25, 0.3) is 0 Å². The third kappa shape index (κ3) is 6.51. The molecule has 0 heterocycles. The molecule has 6 heteroatoms. The number of rotatable bonds is 10. The first-order valence-electron chi connectivity index (χ1n) is 5.82. The minimum absolute atomic E-state index is 0.0556.